The van der Waals surface area contributed by atoms with Gasteiger partial charge in [-0.3, -0.25) is 0 Å². The molecule has 1 aliphatic carbocycles. The number of unbranched alkanes of at least 4 members (excludes halogenated alkanes) is 2. The molecule has 0 heterocycles. The zero-order valence-corrected chi connectivity index (χ0v) is 12.9. The van der Waals surface area contributed by atoms with Crippen LogP contribution in [0, 0.1) is 5.92 Å². The largest absolute Gasteiger partial charge is 0.378 e. The summed E-state index contributed by atoms with van der Waals surface area (Å²) >= 11 is 0. The van der Waals surface area contributed by atoms with Crippen molar-refractivity contribution in [3.63, 3.8) is 0 Å². The standard InChI is InChI=1S/C16H33NO/c1-14-9-8-10-15(13-14)18-12-7-5-6-11-17-16(2,3)4/h14-15,17H,5-13H2,1-4H3. The maximum Gasteiger partial charge on any atom is 0.0577 e. The van der Waals surface area contributed by atoms with Gasteiger partial charge in [-0.2, -0.15) is 0 Å². The molecule has 1 saturated carbocycles. The van der Waals surface area contributed by atoms with E-state index in [0.717, 1.165) is 19.1 Å². The van der Waals surface area contributed by atoms with Crippen molar-refractivity contribution in [1.29, 1.82) is 0 Å². The minimum atomic E-state index is 0.259. The number of ether oxygens (including phenoxy) is 1. The molecule has 18 heavy (non-hydrogen) atoms. The average molecular weight is 255 g/mol. The molecular weight excluding hydrogens is 222 g/mol. The van der Waals surface area contributed by atoms with Gasteiger partial charge in [0, 0.05) is 12.1 Å². The fourth-order valence-corrected chi connectivity index (χ4v) is 2.65. The molecule has 0 aromatic heterocycles. The molecule has 1 rings (SSSR count). The molecule has 2 nitrogen and oxygen atoms in total. The van der Waals surface area contributed by atoms with Gasteiger partial charge in [0.15, 0.2) is 0 Å². The van der Waals surface area contributed by atoms with Crippen LogP contribution in [0.15, 0.2) is 0 Å². The van der Waals surface area contributed by atoms with E-state index < -0.39 is 0 Å². The third kappa shape index (κ3) is 8.10. The fourth-order valence-electron chi connectivity index (χ4n) is 2.65. The number of hydrogen-bond donors (Lipinski definition) is 1. The first-order valence-corrected chi connectivity index (χ1v) is 7.84. The van der Waals surface area contributed by atoms with Crippen molar-refractivity contribution in [3.05, 3.63) is 0 Å². The number of rotatable bonds is 7. The van der Waals surface area contributed by atoms with Crippen LogP contribution in [0.5, 0.6) is 0 Å². The van der Waals surface area contributed by atoms with Gasteiger partial charge in [0.05, 0.1) is 6.10 Å². The van der Waals surface area contributed by atoms with Gasteiger partial charge in [-0.1, -0.05) is 19.8 Å². The third-order valence-corrected chi connectivity index (χ3v) is 3.72. The van der Waals surface area contributed by atoms with Crippen molar-refractivity contribution < 1.29 is 4.74 Å². The van der Waals surface area contributed by atoms with Gasteiger partial charge in [-0.05, 0) is 65.3 Å². The highest BCUT2D eigenvalue weighted by molar-refractivity contribution is 4.71. The topological polar surface area (TPSA) is 21.3 Å². The van der Waals surface area contributed by atoms with Gasteiger partial charge in [0.1, 0.15) is 0 Å². The second-order valence-corrected chi connectivity index (χ2v) is 7.00. The minimum absolute atomic E-state index is 0.259. The molecule has 0 aromatic carbocycles. The lowest BCUT2D eigenvalue weighted by Gasteiger charge is -2.26. The van der Waals surface area contributed by atoms with E-state index in [9.17, 15) is 0 Å². The smallest absolute Gasteiger partial charge is 0.0577 e. The zero-order valence-electron chi connectivity index (χ0n) is 12.9. The number of hydrogen-bond acceptors (Lipinski definition) is 2. The van der Waals surface area contributed by atoms with Gasteiger partial charge in [0.2, 0.25) is 0 Å². The lowest BCUT2D eigenvalue weighted by molar-refractivity contribution is 0.0137. The predicted molar refractivity (Wildman–Crippen MR) is 79.0 cm³/mol. The van der Waals surface area contributed by atoms with Crippen LogP contribution < -0.4 is 5.32 Å². The SMILES string of the molecule is CC1CCCC(OCCCCCNC(C)(C)C)C1. The van der Waals surface area contributed by atoms with Crippen LogP contribution in [-0.2, 0) is 4.74 Å². The summed E-state index contributed by atoms with van der Waals surface area (Å²) in [5.41, 5.74) is 0.259. The first kappa shape index (κ1) is 16.0. The summed E-state index contributed by atoms with van der Waals surface area (Å²) in [6.45, 7) is 11.1. The van der Waals surface area contributed by atoms with E-state index >= 15 is 0 Å². The van der Waals surface area contributed by atoms with Crippen molar-refractivity contribution in [1.82, 2.24) is 5.32 Å². The molecule has 108 valence electrons. The molecule has 2 atom stereocenters. The first-order valence-electron chi connectivity index (χ1n) is 7.84. The Labute approximate surface area is 114 Å². The van der Waals surface area contributed by atoms with Gasteiger partial charge < -0.3 is 10.1 Å². The lowest BCUT2D eigenvalue weighted by atomic mass is 9.89. The fraction of sp³-hybridized carbons (Fsp3) is 1.00. The van der Waals surface area contributed by atoms with E-state index in [-0.39, 0.29) is 5.54 Å². The molecule has 0 aliphatic heterocycles. The molecule has 1 aliphatic rings. The van der Waals surface area contributed by atoms with E-state index in [1.54, 1.807) is 0 Å². The molecule has 1 fully saturated rings. The van der Waals surface area contributed by atoms with E-state index in [1.807, 2.05) is 0 Å². The summed E-state index contributed by atoms with van der Waals surface area (Å²) < 4.78 is 5.98. The van der Waals surface area contributed by atoms with Crippen LogP contribution in [0.2, 0.25) is 0 Å². The van der Waals surface area contributed by atoms with Crippen LogP contribution in [0.3, 0.4) is 0 Å². The molecule has 0 saturated heterocycles. The van der Waals surface area contributed by atoms with Crippen molar-refractivity contribution >= 4 is 0 Å². The van der Waals surface area contributed by atoms with Crippen LogP contribution in [-0.4, -0.2) is 24.8 Å². The van der Waals surface area contributed by atoms with Crippen molar-refractivity contribution in [2.75, 3.05) is 13.2 Å². The summed E-state index contributed by atoms with van der Waals surface area (Å²) in [5.74, 6) is 0.875. The Morgan fingerprint density at radius 1 is 1.11 bits per heavy atom. The molecule has 0 bridgehead atoms. The quantitative estimate of drug-likeness (QED) is 0.690. The normalized spacial score (nSPS) is 25.3. The Bertz CT molecular complexity index is 210. The highest BCUT2D eigenvalue weighted by Gasteiger charge is 2.18. The molecule has 0 aromatic rings. The molecule has 1 N–H and O–H groups in total. The maximum absolute atomic E-state index is 5.98. The van der Waals surface area contributed by atoms with E-state index in [4.69, 9.17) is 4.74 Å². The van der Waals surface area contributed by atoms with Crippen LogP contribution in [0.1, 0.15) is 72.6 Å². The van der Waals surface area contributed by atoms with Crippen molar-refractivity contribution in [2.24, 2.45) is 5.92 Å². The maximum atomic E-state index is 5.98. The summed E-state index contributed by atoms with van der Waals surface area (Å²) in [6.07, 6.45) is 9.66. The van der Waals surface area contributed by atoms with E-state index in [0.29, 0.717) is 6.10 Å². The van der Waals surface area contributed by atoms with Gasteiger partial charge >= 0.3 is 0 Å². The Hall–Kier alpha value is -0.0800. The van der Waals surface area contributed by atoms with Crippen molar-refractivity contribution in [3.8, 4) is 0 Å². The molecular formula is C16H33NO. The molecule has 0 radical (unpaired) electrons. The second kappa shape index (κ2) is 8.16. The first-order chi connectivity index (χ1) is 8.47. The number of nitrogens with one attached hydrogen (secondary N) is 1. The average Bonchev–Trinajstić information content (AvgIpc) is 2.26. The van der Waals surface area contributed by atoms with Crippen molar-refractivity contribution in [2.45, 2.75) is 84.3 Å². The second-order valence-electron chi connectivity index (χ2n) is 7.00. The predicted octanol–water partition coefficient (Wildman–Crippen LogP) is 4.14. The third-order valence-electron chi connectivity index (χ3n) is 3.72. The van der Waals surface area contributed by atoms with E-state index in [1.165, 1.54) is 44.9 Å². The van der Waals surface area contributed by atoms with Gasteiger partial charge in [-0.25, -0.2) is 0 Å². The van der Waals surface area contributed by atoms with Crippen LogP contribution >= 0.6 is 0 Å². The summed E-state index contributed by atoms with van der Waals surface area (Å²) in [4.78, 5) is 0. The zero-order chi connectivity index (χ0) is 13.4. The monoisotopic (exact) mass is 255 g/mol. The van der Waals surface area contributed by atoms with Gasteiger partial charge in [0.25, 0.3) is 0 Å². The highest BCUT2D eigenvalue weighted by Crippen LogP contribution is 2.25. The molecule has 0 amide bonds. The van der Waals surface area contributed by atoms with Gasteiger partial charge in [-0.15, -0.1) is 0 Å². The molecule has 2 unspecified atom stereocenters. The Kier molecular flexibility index (Phi) is 7.25. The van der Waals surface area contributed by atoms with Crippen LogP contribution in [0.25, 0.3) is 0 Å². The summed E-state index contributed by atoms with van der Waals surface area (Å²) in [7, 11) is 0. The van der Waals surface area contributed by atoms with Crippen LogP contribution in [0.4, 0.5) is 0 Å². The highest BCUT2D eigenvalue weighted by atomic mass is 16.5. The molecule has 2 heteroatoms. The summed E-state index contributed by atoms with van der Waals surface area (Å²) in [6, 6.07) is 0. The Balaban J connectivity index is 1.89. The Morgan fingerprint density at radius 2 is 1.89 bits per heavy atom. The molecule has 0 spiro atoms. The Morgan fingerprint density at radius 3 is 2.56 bits per heavy atom. The lowest BCUT2D eigenvalue weighted by Crippen LogP contribution is -2.36. The minimum Gasteiger partial charge on any atom is -0.378 e. The summed E-state index contributed by atoms with van der Waals surface area (Å²) in [5, 5.41) is 3.53. The van der Waals surface area contributed by atoms with E-state index in [2.05, 4.69) is 33.0 Å².